The van der Waals surface area contributed by atoms with Gasteiger partial charge in [-0.2, -0.15) is 0 Å². The molecule has 0 aromatic heterocycles. The van der Waals surface area contributed by atoms with Crippen molar-refractivity contribution in [1.82, 2.24) is 0 Å². The van der Waals surface area contributed by atoms with Crippen LogP contribution in [0.5, 0.6) is 0 Å². The zero-order valence-corrected chi connectivity index (χ0v) is 45.4. The molecule has 0 fully saturated rings. The van der Waals surface area contributed by atoms with Gasteiger partial charge in [0.2, 0.25) is 0 Å². The van der Waals surface area contributed by atoms with E-state index in [-0.39, 0.29) is 31.1 Å². The number of hydrogen-bond donors (Lipinski definition) is 0. The van der Waals surface area contributed by atoms with Gasteiger partial charge in [-0.25, -0.2) is 0 Å². The Labute approximate surface area is 422 Å². The number of hydrogen-bond acceptors (Lipinski definition) is 6. The quantitative estimate of drug-likeness (QED) is 0.0262. The highest BCUT2D eigenvalue weighted by Crippen LogP contribution is 2.17. The third-order valence-corrected chi connectivity index (χ3v) is 13.1. The first kappa shape index (κ1) is 65.4. The maximum absolute atomic E-state index is 12.9. The van der Waals surface area contributed by atoms with Gasteiger partial charge in [-0.1, -0.05) is 262 Å². The molecule has 1 atom stereocenters. The lowest BCUT2D eigenvalue weighted by Gasteiger charge is -2.18. The standard InChI is InChI=1S/C62H112O6/c1-4-7-10-13-16-19-22-25-27-29-31-33-34-37-40-43-46-49-52-55-61(64)67-58-59(57-66-60(63)54-51-48-45-42-39-36-24-21-18-15-12-9-6-3)68-62(65)56-53-50-47-44-41-38-35-32-30-28-26-23-20-17-14-11-8-5-2/h9,12,18,21,28,30,36,39,59H,4-8,10-11,13-17,19-20,22-27,29,31-35,37-38,40-58H2,1-3H3/b12-9-,21-18-,30-28-,39-36-. The summed E-state index contributed by atoms with van der Waals surface area (Å²) in [6.45, 7) is 6.54. The largest absolute Gasteiger partial charge is 0.462 e. The average molecular weight is 954 g/mol. The predicted octanol–water partition coefficient (Wildman–Crippen LogP) is 19.8. The molecule has 0 amide bonds. The van der Waals surface area contributed by atoms with Crippen LogP contribution in [0.15, 0.2) is 48.6 Å². The fraction of sp³-hybridized carbons (Fsp3) is 0.823. The second kappa shape index (κ2) is 57.0. The molecule has 0 aliphatic heterocycles. The normalized spacial score (nSPS) is 12.3. The Morgan fingerprint density at radius 2 is 0.574 bits per heavy atom. The molecule has 6 heteroatoms. The Bertz CT molecular complexity index is 1190. The maximum atomic E-state index is 12.9. The SMILES string of the molecule is CC/C=C\C/C=C\C/C=C\CCCCCC(=O)OCC(COC(=O)CCCCCCCCCCCCCCCCCCCCC)OC(=O)CCCCCCCCC/C=C\CCCCCCCCC. The lowest BCUT2D eigenvalue weighted by molar-refractivity contribution is -0.167. The van der Waals surface area contributed by atoms with Crippen LogP contribution in [0.2, 0.25) is 0 Å². The third-order valence-electron chi connectivity index (χ3n) is 13.1. The van der Waals surface area contributed by atoms with E-state index in [4.69, 9.17) is 14.2 Å². The van der Waals surface area contributed by atoms with Gasteiger partial charge in [-0.05, 0) is 77.0 Å². The summed E-state index contributed by atoms with van der Waals surface area (Å²) in [4.78, 5) is 38.2. The zero-order chi connectivity index (χ0) is 49.3. The molecule has 0 aliphatic carbocycles. The summed E-state index contributed by atoms with van der Waals surface area (Å²) in [7, 11) is 0. The topological polar surface area (TPSA) is 78.9 Å². The van der Waals surface area contributed by atoms with Crippen molar-refractivity contribution < 1.29 is 28.6 Å². The van der Waals surface area contributed by atoms with E-state index in [1.54, 1.807) is 0 Å². The van der Waals surface area contributed by atoms with Gasteiger partial charge in [-0.15, -0.1) is 0 Å². The van der Waals surface area contributed by atoms with Crippen molar-refractivity contribution in [2.24, 2.45) is 0 Å². The highest BCUT2D eigenvalue weighted by Gasteiger charge is 2.19. The summed E-state index contributed by atoms with van der Waals surface area (Å²) in [6.07, 6.45) is 69.7. The molecule has 0 aromatic rings. The van der Waals surface area contributed by atoms with Crippen molar-refractivity contribution in [2.75, 3.05) is 13.2 Å². The Morgan fingerprint density at radius 1 is 0.309 bits per heavy atom. The van der Waals surface area contributed by atoms with E-state index in [2.05, 4.69) is 69.4 Å². The molecule has 0 radical (unpaired) electrons. The molecule has 0 aliphatic rings. The van der Waals surface area contributed by atoms with Crippen LogP contribution in [0.1, 0.15) is 310 Å². The Hall–Kier alpha value is -2.63. The van der Waals surface area contributed by atoms with E-state index in [1.807, 2.05) is 0 Å². The van der Waals surface area contributed by atoms with Gasteiger partial charge < -0.3 is 14.2 Å². The van der Waals surface area contributed by atoms with Crippen LogP contribution >= 0.6 is 0 Å². The molecule has 0 saturated carbocycles. The second-order valence-electron chi connectivity index (χ2n) is 19.9. The molecule has 396 valence electrons. The summed E-state index contributed by atoms with van der Waals surface area (Å²) in [5.41, 5.74) is 0. The van der Waals surface area contributed by atoms with E-state index in [9.17, 15) is 14.4 Å². The van der Waals surface area contributed by atoms with Crippen molar-refractivity contribution in [3.05, 3.63) is 48.6 Å². The van der Waals surface area contributed by atoms with E-state index in [1.165, 1.54) is 186 Å². The molecule has 0 heterocycles. The Balaban J connectivity index is 4.34. The van der Waals surface area contributed by atoms with Gasteiger partial charge in [0.05, 0.1) is 0 Å². The molecule has 0 bridgehead atoms. The van der Waals surface area contributed by atoms with Crippen molar-refractivity contribution >= 4 is 17.9 Å². The molecule has 0 spiro atoms. The number of carbonyl (C=O) groups is 3. The van der Waals surface area contributed by atoms with Gasteiger partial charge in [0, 0.05) is 19.3 Å². The van der Waals surface area contributed by atoms with E-state index in [0.29, 0.717) is 19.3 Å². The van der Waals surface area contributed by atoms with Crippen LogP contribution in [0.25, 0.3) is 0 Å². The number of rotatable bonds is 54. The van der Waals surface area contributed by atoms with Gasteiger partial charge in [0.15, 0.2) is 6.10 Å². The molecule has 0 rings (SSSR count). The number of allylic oxidation sites excluding steroid dienone is 8. The van der Waals surface area contributed by atoms with Crippen molar-refractivity contribution in [2.45, 2.75) is 316 Å². The summed E-state index contributed by atoms with van der Waals surface area (Å²) >= 11 is 0. The third kappa shape index (κ3) is 54.3. The Morgan fingerprint density at radius 3 is 0.926 bits per heavy atom. The predicted molar refractivity (Wildman–Crippen MR) is 293 cm³/mol. The lowest BCUT2D eigenvalue weighted by Crippen LogP contribution is -2.30. The van der Waals surface area contributed by atoms with Crippen LogP contribution in [0, 0.1) is 0 Å². The number of esters is 3. The minimum absolute atomic E-state index is 0.0811. The van der Waals surface area contributed by atoms with Gasteiger partial charge >= 0.3 is 17.9 Å². The highest BCUT2D eigenvalue weighted by atomic mass is 16.6. The molecule has 0 saturated heterocycles. The highest BCUT2D eigenvalue weighted by molar-refractivity contribution is 5.71. The van der Waals surface area contributed by atoms with Crippen LogP contribution in [-0.2, 0) is 28.6 Å². The molecular weight excluding hydrogens is 841 g/mol. The maximum Gasteiger partial charge on any atom is 0.306 e. The smallest absolute Gasteiger partial charge is 0.306 e. The van der Waals surface area contributed by atoms with E-state index < -0.39 is 6.10 Å². The Kier molecular flexibility index (Phi) is 54.8. The fourth-order valence-corrected chi connectivity index (χ4v) is 8.63. The van der Waals surface area contributed by atoms with Gasteiger partial charge in [0.1, 0.15) is 13.2 Å². The zero-order valence-electron chi connectivity index (χ0n) is 45.4. The number of ether oxygens (including phenoxy) is 3. The first-order valence-electron chi connectivity index (χ1n) is 29.6. The summed E-state index contributed by atoms with van der Waals surface area (Å²) in [5.74, 6) is -0.900. The molecular formula is C62H112O6. The minimum Gasteiger partial charge on any atom is -0.462 e. The van der Waals surface area contributed by atoms with E-state index in [0.717, 1.165) is 83.5 Å². The fourth-order valence-electron chi connectivity index (χ4n) is 8.63. The molecule has 6 nitrogen and oxygen atoms in total. The molecule has 0 aromatic carbocycles. The van der Waals surface area contributed by atoms with Crippen LogP contribution in [0.3, 0.4) is 0 Å². The number of carbonyl (C=O) groups excluding carboxylic acids is 3. The molecule has 68 heavy (non-hydrogen) atoms. The second-order valence-corrected chi connectivity index (χ2v) is 19.9. The van der Waals surface area contributed by atoms with Crippen molar-refractivity contribution in [3.8, 4) is 0 Å². The van der Waals surface area contributed by atoms with Crippen molar-refractivity contribution in [1.29, 1.82) is 0 Å². The summed E-state index contributed by atoms with van der Waals surface area (Å²) in [5, 5.41) is 0. The average Bonchev–Trinajstić information content (AvgIpc) is 3.34. The van der Waals surface area contributed by atoms with Crippen LogP contribution in [-0.4, -0.2) is 37.2 Å². The van der Waals surface area contributed by atoms with E-state index >= 15 is 0 Å². The van der Waals surface area contributed by atoms with Gasteiger partial charge in [0.25, 0.3) is 0 Å². The first-order valence-corrected chi connectivity index (χ1v) is 29.6. The molecule has 0 N–H and O–H groups in total. The minimum atomic E-state index is -0.785. The van der Waals surface area contributed by atoms with Gasteiger partial charge in [-0.3, -0.25) is 14.4 Å². The lowest BCUT2D eigenvalue weighted by atomic mass is 10.0. The monoisotopic (exact) mass is 953 g/mol. The van der Waals surface area contributed by atoms with Crippen LogP contribution in [0.4, 0.5) is 0 Å². The van der Waals surface area contributed by atoms with Crippen LogP contribution < -0.4 is 0 Å². The van der Waals surface area contributed by atoms with Crippen molar-refractivity contribution in [3.63, 3.8) is 0 Å². The molecule has 1 unspecified atom stereocenters. The number of unbranched alkanes of at least 4 members (excludes halogenated alkanes) is 35. The summed E-state index contributed by atoms with van der Waals surface area (Å²) < 4.78 is 16.9. The summed E-state index contributed by atoms with van der Waals surface area (Å²) in [6, 6.07) is 0. The first-order chi connectivity index (χ1) is 33.5.